The van der Waals surface area contributed by atoms with E-state index >= 15 is 0 Å². The zero-order valence-corrected chi connectivity index (χ0v) is 11.8. The molecule has 3 heterocycles. The Kier molecular flexibility index (Phi) is 2.99. The molecule has 5 nitrogen and oxygen atoms in total. The topological polar surface area (TPSA) is 51.5 Å². The number of anilines is 1. The third-order valence-corrected chi connectivity index (χ3v) is 3.74. The summed E-state index contributed by atoms with van der Waals surface area (Å²) in [6.07, 6.45) is 7.56. The van der Waals surface area contributed by atoms with E-state index in [-0.39, 0.29) is 5.54 Å². The van der Waals surface area contributed by atoms with Crippen LogP contribution in [-0.2, 0) is 4.74 Å². The van der Waals surface area contributed by atoms with E-state index in [1.54, 1.807) is 6.20 Å². The van der Waals surface area contributed by atoms with E-state index in [1.165, 1.54) is 0 Å². The quantitative estimate of drug-likeness (QED) is 0.926. The predicted octanol–water partition coefficient (Wildman–Crippen LogP) is 2.47. The normalized spacial score (nSPS) is 19.0. The predicted molar refractivity (Wildman–Crippen MR) is 72.8 cm³/mol. The average molecular weight is 311 g/mol. The molecule has 2 aromatic heterocycles. The van der Waals surface area contributed by atoms with Crippen LogP contribution in [0.2, 0.25) is 0 Å². The first kappa shape index (κ1) is 11.9. The summed E-state index contributed by atoms with van der Waals surface area (Å²) in [6.45, 7) is 3.79. The van der Waals surface area contributed by atoms with Gasteiger partial charge in [0.25, 0.3) is 0 Å². The van der Waals surface area contributed by atoms with E-state index < -0.39 is 0 Å². The molecule has 1 N–H and O–H groups in total. The van der Waals surface area contributed by atoms with Gasteiger partial charge in [0.15, 0.2) is 11.5 Å². The van der Waals surface area contributed by atoms with Crippen LogP contribution in [0.1, 0.15) is 19.8 Å². The molecule has 0 aromatic carbocycles. The van der Waals surface area contributed by atoms with Gasteiger partial charge in [0, 0.05) is 37.3 Å². The van der Waals surface area contributed by atoms with E-state index in [2.05, 4.69) is 38.1 Å². The third kappa shape index (κ3) is 2.22. The fourth-order valence-electron chi connectivity index (χ4n) is 2.22. The van der Waals surface area contributed by atoms with Gasteiger partial charge in [0.1, 0.15) is 4.60 Å². The van der Waals surface area contributed by atoms with Gasteiger partial charge in [-0.2, -0.15) is 0 Å². The van der Waals surface area contributed by atoms with E-state index in [1.807, 2.05) is 16.8 Å². The Bertz CT molecular complexity index is 562. The molecular formula is C12H15BrN4O. The second kappa shape index (κ2) is 4.51. The van der Waals surface area contributed by atoms with Crippen molar-refractivity contribution >= 4 is 27.4 Å². The van der Waals surface area contributed by atoms with E-state index in [0.717, 1.165) is 42.1 Å². The van der Waals surface area contributed by atoms with Gasteiger partial charge in [-0.3, -0.25) is 0 Å². The Labute approximate surface area is 114 Å². The summed E-state index contributed by atoms with van der Waals surface area (Å²) in [6, 6.07) is 0. The largest absolute Gasteiger partial charge is 0.381 e. The molecule has 3 rings (SSSR count). The fraction of sp³-hybridized carbons (Fsp3) is 0.500. The molecule has 0 atom stereocenters. The number of nitrogens with one attached hydrogen (secondary N) is 1. The molecule has 0 saturated carbocycles. The lowest BCUT2D eigenvalue weighted by molar-refractivity contribution is 0.0657. The summed E-state index contributed by atoms with van der Waals surface area (Å²) in [5.41, 5.74) is 0.879. The summed E-state index contributed by atoms with van der Waals surface area (Å²) in [5, 5.41) is 3.52. The second-order valence-electron chi connectivity index (χ2n) is 4.87. The molecule has 96 valence electrons. The van der Waals surface area contributed by atoms with Crippen molar-refractivity contribution in [3.8, 4) is 0 Å². The Morgan fingerprint density at radius 1 is 1.44 bits per heavy atom. The van der Waals surface area contributed by atoms with Crippen molar-refractivity contribution in [2.24, 2.45) is 0 Å². The maximum absolute atomic E-state index is 5.41. The monoisotopic (exact) mass is 310 g/mol. The zero-order chi connectivity index (χ0) is 12.6. The van der Waals surface area contributed by atoms with E-state index in [4.69, 9.17) is 4.74 Å². The van der Waals surface area contributed by atoms with Gasteiger partial charge in [-0.1, -0.05) is 0 Å². The number of aromatic nitrogens is 3. The molecule has 1 fully saturated rings. The Hall–Kier alpha value is -1.14. The van der Waals surface area contributed by atoms with Crippen molar-refractivity contribution in [1.29, 1.82) is 0 Å². The highest BCUT2D eigenvalue weighted by Gasteiger charge is 2.28. The lowest BCUT2D eigenvalue weighted by Crippen LogP contribution is -2.41. The summed E-state index contributed by atoms with van der Waals surface area (Å²) in [5.74, 6) is 0.818. The number of imidazole rings is 1. The zero-order valence-electron chi connectivity index (χ0n) is 10.2. The van der Waals surface area contributed by atoms with Crippen molar-refractivity contribution in [1.82, 2.24) is 14.4 Å². The van der Waals surface area contributed by atoms with Gasteiger partial charge in [-0.25, -0.2) is 9.97 Å². The van der Waals surface area contributed by atoms with Crippen molar-refractivity contribution < 1.29 is 4.74 Å². The van der Waals surface area contributed by atoms with Crippen molar-refractivity contribution in [3.63, 3.8) is 0 Å². The lowest BCUT2D eigenvalue weighted by atomic mass is 9.92. The van der Waals surface area contributed by atoms with Crippen LogP contribution in [0.15, 0.2) is 23.2 Å². The minimum atomic E-state index is 0.0263. The third-order valence-electron chi connectivity index (χ3n) is 3.36. The smallest absolute Gasteiger partial charge is 0.180 e. The average Bonchev–Trinajstić information content (AvgIpc) is 2.77. The molecule has 0 radical (unpaired) electrons. The molecule has 0 bridgehead atoms. The highest BCUT2D eigenvalue weighted by molar-refractivity contribution is 9.10. The van der Waals surface area contributed by atoms with Gasteiger partial charge in [-0.15, -0.1) is 0 Å². The summed E-state index contributed by atoms with van der Waals surface area (Å²) in [7, 11) is 0. The maximum Gasteiger partial charge on any atom is 0.180 e. The molecule has 0 aliphatic carbocycles. The number of hydrogen-bond acceptors (Lipinski definition) is 4. The summed E-state index contributed by atoms with van der Waals surface area (Å²) < 4.78 is 8.17. The van der Waals surface area contributed by atoms with Crippen molar-refractivity contribution in [3.05, 3.63) is 23.2 Å². The minimum Gasteiger partial charge on any atom is -0.381 e. The molecular weight excluding hydrogens is 296 g/mol. The molecule has 1 aliphatic heterocycles. The molecule has 0 unspecified atom stereocenters. The number of rotatable bonds is 2. The first-order chi connectivity index (χ1) is 8.66. The van der Waals surface area contributed by atoms with Crippen LogP contribution in [0.4, 0.5) is 5.82 Å². The maximum atomic E-state index is 5.41. The van der Waals surface area contributed by atoms with Crippen LogP contribution < -0.4 is 5.32 Å². The number of nitrogens with zero attached hydrogens (tertiary/aromatic N) is 3. The second-order valence-corrected chi connectivity index (χ2v) is 5.68. The van der Waals surface area contributed by atoms with Gasteiger partial charge < -0.3 is 14.5 Å². The van der Waals surface area contributed by atoms with Gasteiger partial charge >= 0.3 is 0 Å². The number of halogens is 1. The highest BCUT2D eigenvalue weighted by atomic mass is 79.9. The number of fused-ring (bicyclic) bond motifs is 1. The first-order valence-corrected chi connectivity index (χ1v) is 6.81. The summed E-state index contributed by atoms with van der Waals surface area (Å²) in [4.78, 5) is 8.84. The van der Waals surface area contributed by atoms with Crippen LogP contribution in [0.3, 0.4) is 0 Å². The molecule has 6 heteroatoms. The van der Waals surface area contributed by atoms with Crippen molar-refractivity contribution in [2.45, 2.75) is 25.3 Å². The molecule has 0 amide bonds. The van der Waals surface area contributed by atoms with Crippen LogP contribution >= 0.6 is 15.9 Å². The minimum absolute atomic E-state index is 0.0263. The molecule has 2 aromatic rings. The van der Waals surface area contributed by atoms with Gasteiger partial charge in [0.05, 0.1) is 0 Å². The fourth-order valence-corrected chi connectivity index (χ4v) is 2.62. The van der Waals surface area contributed by atoms with Crippen LogP contribution in [-0.4, -0.2) is 33.1 Å². The standard InChI is InChI=1S/C12H15BrN4O/c1-12(2-6-18-7-3-12)16-10-11-14-4-5-17(11)8-9(13)15-10/h4-5,8H,2-3,6-7H2,1H3,(H,15,16). The lowest BCUT2D eigenvalue weighted by Gasteiger charge is -2.34. The van der Waals surface area contributed by atoms with Crippen LogP contribution in [0, 0.1) is 0 Å². The van der Waals surface area contributed by atoms with E-state index in [9.17, 15) is 0 Å². The van der Waals surface area contributed by atoms with Crippen LogP contribution in [0.5, 0.6) is 0 Å². The highest BCUT2D eigenvalue weighted by Crippen LogP contribution is 2.27. The Balaban J connectivity index is 1.96. The van der Waals surface area contributed by atoms with Gasteiger partial charge in [-0.05, 0) is 35.7 Å². The molecule has 0 spiro atoms. The van der Waals surface area contributed by atoms with Crippen LogP contribution in [0.25, 0.3) is 5.65 Å². The SMILES string of the molecule is CC1(Nc2nc(Br)cn3ccnc23)CCOCC1. The van der Waals surface area contributed by atoms with Crippen molar-refractivity contribution in [2.75, 3.05) is 18.5 Å². The number of hydrogen-bond donors (Lipinski definition) is 1. The Morgan fingerprint density at radius 2 is 2.22 bits per heavy atom. The van der Waals surface area contributed by atoms with Gasteiger partial charge in [0.2, 0.25) is 0 Å². The Morgan fingerprint density at radius 3 is 3.00 bits per heavy atom. The molecule has 1 aliphatic rings. The summed E-state index contributed by atoms with van der Waals surface area (Å²) >= 11 is 3.43. The number of ether oxygens (including phenoxy) is 1. The molecule has 18 heavy (non-hydrogen) atoms. The van der Waals surface area contributed by atoms with E-state index in [0.29, 0.717) is 0 Å². The first-order valence-electron chi connectivity index (χ1n) is 6.01. The molecule has 1 saturated heterocycles.